The molecule has 0 aliphatic carbocycles. The first-order valence-corrected chi connectivity index (χ1v) is 6.61. The molecule has 4 heteroatoms. The monoisotopic (exact) mass is 319 g/mol. The van der Waals surface area contributed by atoms with Gasteiger partial charge < -0.3 is 10.1 Å². The van der Waals surface area contributed by atoms with Gasteiger partial charge in [0.25, 0.3) is 5.91 Å². The molecule has 3 nitrogen and oxygen atoms in total. The maximum absolute atomic E-state index is 12.2. The summed E-state index contributed by atoms with van der Waals surface area (Å²) in [5.74, 6) is 0.491. The zero-order valence-electron chi connectivity index (χ0n) is 10.7. The minimum Gasteiger partial charge on any atom is -0.495 e. The highest BCUT2D eigenvalue weighted by Gasteiger charge is 2.10. The number of para-hydroxylation sites is 2. The van der Waals surface area contributed by atoms with E-state index in [1.165, 1.54) is 0 Å². The summed E-state index contributed by atoms with van der Waals surface area (Å²) >= 11 is 3.42. The van der Waals surface area contributed by atoms with Crippen LogP contribution in [0.15, 0.2) is 46.9 Å². The number of ether oxygens (including phenoxy) is 1. The molecule has 0 spiro atoms. The molecule has 0 saturated carbocycles. The van der Waals surface area contributed by atoms with Crippen LogP contribution in [-0.4, -0.2) is 13.0 Å². The van der Waals surface area contributed by atoms with Crippen LogP contribution in [0.2, 0.25) is 0 Å². The van der Waals surface area contributed by atoms with E-state index in [2.05, 4.69) is 21.2 Å². The van der Waals surface area contributed by atoms with Crippen molar-refractivity contribution >= 4 is 27.5 Å². The number of benzene rings is 2. The third kappa shape index (κ3) is 3.15. The van der Waals surface area contributed by atoms with Crippen molar-refractivity contribution in [3.63, 3.8) is 0 Å². The summed E-state index contributed by atoms with van der Waals surface area (Å²) in [5.41, 5.74) is 2.30. The number of carbonyl (C=O) groups excluding carboxylic acids is 1. The van der Waals surface area contributed by atoms with E-state index in [9.17, 15) is 4.79 Å². The molecule has 2 rings (SSSR count). The second kappa shape index (κ2) is 5.89. The zero-order chi connectivity index (χ0) is 13.8. The second-order valence-corrected chi connectivity index (χ2v) is 4.97. The van der Waals surface area contributed by atoms with E-state index in [-0.39, 0.29) is 5.91 Å². The maximum Gasteiger partial charge on any atom is 0.255 e. The minimum absolute atomic E-state index is 0.153. The van der Waals surface area contributed by atoms with Crippen molar-refractivity contribution < 1.29 is 9.53 Å². The van der Waals surface area contributed by atoms with Crippen LogP contribution in [0.1, 0.15) is 15.9 Å². The van der Waals surface area contributed by atoms with Gasteiger partial charge in [-0.05, 0) is 42.8 Å². The molecular formula is C15H14BrNO2. The second-order valence-electron chi connectivity index (χ2n) is 4.12. The molecular weight excluding hydrogens is 306 g/mol. The highest BCUT2D eigenvalue weighted by Crippen LogP contribution is 2.24. The SMILES string of the molecule is COc1ccccc1NC(=O)c1ccc(Br)c(C)c1. The fourth-order valence-electron chi connectivity index (χ4n) is 1.73. The summed E-state index contributed by atoms with van der Waals surface area (Å²) in [7, 11) is 1.58. The molecule has 0 fully saturated rings. The molecule has 0 aliphatic heterocycles. The lowest BCUT2D eigenvalue weighted by molar-refractivity contribution is 0.102. The summed E-state index contributed by atoms with van der Waals surface area (Å²) in [5, 5.41) is 2.85. The van der Waals surface area contributed by atoms with Gasteiger partial charge in [-0.1, -0.05) is 28.1 Å². The summed E-state index contributed by atoms with van der Waals surface area (Å²) in [4.78, 5) is 12.2. The van der Waals surface area contributed by atoms with Gasteiger partial charge >= 0.3 is 0 Å². The molecule has 0 saturated heterocycles. The third-order valence-electron chi connectivity index (χ3n) is 2.78. The van der Waals surface area contributed by atoms with Crippen LogP contribution < -0.4 is 10.1 Å². The van der Waals surface area contributed by atoms with Crippen LogP contribution in [-0.2, 0) is 0 Å². The summed E-state index contributed by atoms with van der Waals surface area (Å²) in [6, 6.07) is 12.8. The van der Waals surface area contributed by atoms with Gasteiger partial charge in [0, 0.05) is 10.0 Å². The van der Waals surface area contributed by atoms with Crippen LogP contribution in [0, 0.1) is 6.92 Å². The van der Waals surface area contributed by atoms with E-state index in [0.29, 0.717) is 17.0 Å². The Labute approximate surface area is 120 Å². The van der Waals surface area contributed by atoms with Gasteiger partial charge in [0.1, 0.15) is 5.75 Å². The normalized spacial score (nSPS) is 10.1. The fraction of sp³-hybridized carbons (Fsp3) is 0.133. The van der Waals surface area contributed by atoms with Crippen molar-refractivity contribution in [3.05, 3.63) is 58.1 Å². The Morgan fingerprint density at radius 2 is 1.95 bits per heavy atom. The number of aryl methyl sites for hydroxylation is 1. The Morgan fingerprint density at radius 3 is 2.63 bits per heavy atom. The summed E-state index contributed by atoms with van der Waals surface area (Å²) in [6.45, 7) is 1.95. The predicted molar refractivity (Wildman–Crippen MR) is 79.8 cm³/mol. The number of amides is 1. The smallest absolute Gasteiger partial charge is 0.255 e. The lowest BCUT2D eigenvalue weighted by atomic mass is 10.1. The van der Waals surface area contributed by atoms with Crippen molar-refractivity contribution in [2.45, 2.75) is 6.92 Å². The highest BCUT2D eigenvalue weighted by molar-refractivity contribution is 9.10. The lowest BCUT2D eigenvalue weighted by Crippen LogP contribution is -2.12. The van der Waals surface area contributed by atoms with Crippen LogP contribution in [0.4, 0.5) is 5.69 Å². The first kappa shape index (κ1) is 13.6. The van der Waals surface area contributed by atoms with E-state index in [0.717, 1.165) is 10.0 Å². The Kier molecular flexibility index (Phi) is 4.22. The Morgan fingerprint density at radius 1 is 1.21 bits per heavy atom. The average molecular weight is 320 g/mol. The summed E-state index contributed by atoms with van der Waals surface area (Å²) in [6.07, 6.45) is 0. The number of halogens is 1. The van der Waals surface area contributed by atoms with Crippen LogP contribution >= 0.6 is 15.9 Å². The molecule has 0 unspecified atom stereocenters. The Hall–Kier alpha value is -1.81. The standard InChI is InChI=1S/C15H14BrNO2/c1-10-9-11(7-8-12(10)16)15(18)17-13-5-3-4-6-14(13)19-2/h3-9H,1-2H3,(H,17,18). The van der Waals surface area contributed by atoms with E-state index >= 15 is 0 Å². The van der Waals surface area contributed by atoms with Gasteiger partial charge in [-0.3, -0.25) is 4.79 Å². The topological polar surface area (TPSA) is 38.3 Å². The number of nitrogens with one attached hydrogen (secondary N) is 1. The van der Waals surface area contributed by atoms with Gasteiger partial charge in [0.15, 0.2) is 0 Å². The molecule has 0 radical (unpaired) electrons. The van der Waals surface area contributed by atoms with E-state index in [4.69, 9.17) is 4.74 Å². The van der Waals surface area contributed by atoms with Crippen molar-refractivity contribution in [2.24, 2.45) is 0 Å². The maximum atomic E-state index is 12.2. The third-order valence-corrected chi connectivity index (χ3v) is 3.67. The molecule has 0 aliphatic rings. The largest absolute Gasteiger partial charge is 0.495 e. The predicted octanol–water partition coefficient (Wildman–Crippen LogP) is 4.02. The van der Waals surface area contributed by atoms with Gasteiger partial charge in [-0.2, -0.15) is 0 Å². The van der Waals surface area contributed by atoms with Gasteiger partial charge in [-0.25, -0.2) is 0 Å². The molecule has 0 atom stereocenters. The molecule has 1 N–H and O–H groups in total. The van der Waals surface area contributed by atoms with E-state index in [1.807, 2.05) is 43.3 Å². The molecule has 19 heavy (non-hydrogen) atoms. The van der Waals surface area contributed by atoms with Crippen LogP contribution in [0.25, 0.3) is 0 Å². The minimum atomic E-state index is -0.153. The van der Waals surface area contributed by atoms with Crippen molar-refractivity contribution in [2.75, 3.05) is 12.4 Å². The molecule has 2 aromatic carbocycles. The number of methoxy groups -OCH3 is 1. The van der Waals surface area contributed by atoms with E-state index in [1.54, 1.807) is 13.2 Å². The lowest BCUT2D eigenvalue weighted by Gasteiger charge is -2.10. The number of rotatable bonds is 3. The highest BCUT2D eigenvalue weighted by atomic mass is 79.9. The van der Waals surface area contributed by atoms with Gasteiger partial charge in [0.05, 0.1) is 12.8 Å². The molecule has 1 amide bonds. The van der Waals surface area contributed by atoms with E-state index < -0.39 is 0 Å². The number of hydrogen-bond acceptors (Lipinski definition) is 2. The van der Waals surface area contributed by atoms with Crippen LogP contribution in [0.3, 0.4) is 0 Å². The van der Waals surface area contributed by atoms with Crippen molar-refractivity contribution in [1.82, 2.24) is 0 Å². The molecule has 0 aromatic heterocycles. The van der Waals surface area contributed by atoms with Crippen molar-refractivity contribution in [3.8, 4) is 5.75 Å². The van der Waals surface area contributed by atoms with Gasteiger partial charge in [-0.15, -0.1) is 0 Å². The number of anilines is 1. The number of hydrogen-bond donors (Lipinski definition) is 1. The average Bonchev–Trinajstić information content (AvgIpc) is 2.42. The fourth-order valence-corrected chi connectivity index (χ4v) is 1.97. The summed E-state index contributed by atoms with van der Waals surface area (Å²) < 4.78 is 6.19. The zero-order valence-corrected chi connectivity index (χ0v) is 12.3. The first-order valence-electron chi connectivity index (χ1n) is 5.82. The van der Waals surface area contributed by atoms with Gasteiger partial charge in [0.2, 0.25) is 0 Å². The Balaban J connectivity index is 2.23. The molecule has 0 bridgehead atoms. The molecule has 0 heterocycles. The quantitative estimate of drug-likeness (QED) is 0.928. The molecule has 98 valence electrons. The Bertz CT molecular complexity index is 611. The number of carbonyl (C=O) groups is 1. The first-order chi connectivity index (χ1) is 9.11. The molecule has 2 aromatic rings. The van der Waals surface area contributed by atoms with Crippen molar-refractivity contribution in [1.29, 1.82) is 0 Å². The van der Waals surface area contributed by atoms with Crippen LogP contribution in [0.5, 0.6) is 5.75 Å².